The molecule has 2 heterocycles. The number of nitrogens with zero attached hydrogens (tertiary/aromatic N) is 4. The van der Waals surface area contributed by atoms with Gasteiger partial charge in [-0.3, -0.25) is 14.3 Å². The van der Waals surface area contributed by atoms with Crippen LogP contribution in [-0.2, 0) is 21.4 Å². The van der Waals surface area contributed by atoms with Gasteiger partial charge < -0.3 is 10.1 Å². The Morgan fingerprint density at radius 3 is 2.38 bits per heavy atom. The van der Waals surface area contributed by atoms with Gasteiger partial charge in [-0.1, -0.05) is 11.8 Å². The molecular weight excluding hydrogens is 354 g/mol. The first-order valence-electron chi connectivity index (χ1n) is 8.13. The first kappa shape index (κ1) is 19.9. The molecule has 0 aliphatic rings. The quantitative estimate of drug-likeness (QED) is 0.467. The van der Waals surface area contributed by atoms with Crippen LogP contribution in [0, 0.1) is 27.7 Å². The van der Waals surface area contributed by atoms with Crippen LogP contribution in [-0.4, -0.2) is 43.5 Å². The molecule has 0 aromatic carbocycles. The third kappa shape index (κ3) is 5.04. The van der Waals surface area contributed by atoms with E-state index in [0.717, 1.165) is 17.1 Å². The fourth-order valence-electron chi connectivity index (χ4n) is 2.35. The molecule has 2 rings (SSSR count). The SMILES string of the molecule is Cc1cc(C)nc(SCC(=O)OC(C)C(=O)Nc2c(C)nn(C)c2C)n1. The number of carbonyl (C=O) groups excluding carboxylic acids is 2. The van der Waals surface area contributed by atoms with Gasteiger partial charge in [-0.05, 0) is 40.7 Å². The van der Waals surface area contributed by atoms with Crippen LogP contribution in [0.1, 0.15) is 29.7 Å². The molecular formula is C17H23N5O3S. The highest BCUT2D eigenvalue weighted by molar-refractivity contribution is 7.99. The number of hydrogen-bond acceptors (Lipinski definition) is 7. The summed E-state index contributed by atoms with van der Waals surface area (Å²) in [6.07, 6.45) is -0.915. The summed E-state index contributed by atoms with van der Waals surface area (Å²) in [5, 5.41) is 7.51. The van der Waals surface area contributed by atoms with Gasteiger partial charge in [-0.15, -0.1) is 0 Å². The van der Waals surface area contributed by atoms with Crippen molar-refractivity contribution in [3.8, 4) is 0 Å². The van der Waals surface area contributed by atoms with Crippen molar-refractivity contribution in [2.75, 3.05) is 11.1 Å². The van der Waals surface area contributed by atoms with E-state index in [9.17, 15) is 9.59 Å². The van der Waals surface area contributed by atoms with Crippen LogP contribution in [0.15, 0.2) is 11.2 Å². The van der Waals surface area contributed by atoms with Gasteiger partial charge in [0.1, 0.15) is 0 Å². The highest BCUT2D eigenvalue weighted by Gasteiger charge is 2.21. The molecule has 2 aromatic rings. The largest absolute Gasteiger partial charge is 0.452 e. The van der Waals surface area contributed by atoms with Crippen molar-refractivity contribution in [3.63, 3.8) is 0 Å². The summed E-state index contributed by atoms with van der Waals surface area (Å²) in [5.41, 5.74) is 3.85. The monoisotopic (exact) mass is 377 g/mol. The maximum Gasteiger partial charge on any atom is 0.317 e. The Balaban J connectivity index is 1.88. The molecule has 8 nitrogen and oxygen atoms in total. The third-order valence-electron chi connectivity index (χ3n) is 3.72. The number of esters is 1. The van der Waals surface area contributed by atoms with Crippen LogP contribution in [0.4, 0.5) is 5.69 Å². The maximum atomic E-state index is 12.3. The second kappa shape index (κ2) is 8.31. The number of aryl methyl sites for hydroxylation is 4. The van der Waals surface area contributed by atoms with E-state index >= 15 is 0 Å². The number of carbonyl (C=O) groups is 2. The van der Waals surface area contributed by atoms with Crippen LogP contribution in [0.3, 0.4) is 0 Å². The molecule has 0 saturated heterocycles. The standard InChI is InChI=1S/C17H23N5O3S/c1-9-7-10(2)19-17(18-9)26-8-14(23)25-13(5)16(24)20-15-11(3)21-22(6)12(15)4/h7,13H,8H2,1-6H3,(H,20,24). The Morgan fingerprint density at radius 1 is 1.23 bits per heavy atom. The number of thioether (sulfide) groups is 1. The molecule has 0 fully saturated rings. The van der Waals surface area contributed by atoms with Crippen molar-refractivity contribution < 1.29 is 14.3 Å². The molecule has 0 aliphatic heterocycles. The molecule has 0 saturated carbocycles. The lowest BCUT2D eigenvalue weighted by Crippen LogP contribution is -2.30. The average Bonchev–Trinajstić information content (AvgIpc) is 2.78. The number of rotatable bonds is 6. The van der Waals surface area contributed by atoms with Gasteiger partial charge in [-0.2, -0.15) is 5.10 Å². The van der Waals surface area contributed by atoms with Crippen molar-refractivity contribution in [1.29, 1.82) is 0 Å². The van der Waals surface area contributed by atoms with Crippen LogP contribution < -0.4 is 5.32 Å². The molecule has 2 aromatic heterocycles. The van der Waals surface area contributed by atoms with Gasteiger partial charge in [0.2, 0.25) is 0 Å². The van der Waals surface area contributed by atoms with Crippen molar-refractivity contribution in [1.82, 2.24) is 19.7 Å². The molecule has 9 heteroatoms. The Bertz CT molecular complexity index is 814. The second-order valence-corrected chi connectivity index (χ2v) is 6.96. The summed E-state index contributed by atoms with van der Waals surface area (Å²) in [6, 6.07) is 1.86. The molecule has 0 spiro atoms. The number of ether oxygens (including phenoxy) is 1. The highest BCUT2D eigenvalue weighted by atomic mass is 32.2. The van der Waals surface area contributed by atoms with E-state index in [0.29, 0.717) is 16.5 Å². The van der Waals surface area contributed by atoms with E-state index in [1.807, 2.05) is 26.8 Å². The predicted molar refractivity (Wildman–Crippen MR) is 99.1 cm³/mol. The van der Waals surface area contributed by atoms with E-state index in [1.54, 1.807) is 18.7 Å². The van der Waals surface area contributed by atoms with E-state index in [1.165, 1.54) is 18.7 Å². The molecule has 1 atom stereocenters. The van der Waals surface area contributed by atoms with E-state index in [2.05, 4.69) is 20.4 Å². The lowest BCUT2D eigenvalue weighted by Gasteiger charge is -2.13. The predicted octanol–water partition coefficient (Wildman–Crippen LogP) is 2.11. The zero-order chi connectivity index (χ0) is 19.4. The van der Waals surface area contributed by atoms with Gasteiger partial charge in [0.15, 0.2) is 11.3 Å². The minimum Gasteiger partial charge on any atom is -0.452 e. The maximum absolute atomic E-state index is 12.3. The number of anilines is 1. The lowest BCUT2D eigenvalue weighted by molar-refractivity contribution is -0.150. The molecule has 1 amide bonds. The van der Waals surface area contributed by atoms with E-state index in [4.69, 9.17) is 4.74 Å². The summed E-state index contributed by atoms with van der Waals surface area (Å²) >= 11 is 1.18. The zero-order valence-electron chi connectivity index (χ0n) is 15.8. The smallest absolute Gasteiger partial charge is 0.317 e. The van der Waals surface area contributed by atoms with Crippen molar-refractivity contribution in [2.45, 2.75) is 45.9 Å². The Hall–Kier alpha value is -2.42. The van der Waals surface area contributed by atoms with Crippen LogP contribution >= 0.6 is 11.8 Å². The van der Waals surface area contributed by atoms with Crippen LogP contribution in [0.5, 0.6) is 0 Å². The minimum atomic E-state index is -0.915. The summed E-state index contributed by atoms with van der Waals surface area (Å²) in [7, 11) is 1.80. The molecule has 0 aliphatic carbocycles. The number of nitrogens with one attached hydrogen (secondary N) is 1. The summed E-state index contributed by atoms with van der Waals surface area (Å²) in [6.45, 7) is 8.93. The van der Waals surface area contributed by atoms with Crippen LogP contribution in [0.25, 0.3) is 0 Å². The van der Waals surface area contributed by atoms with E-state index in [-0.39, 0.29) is 5.75 Å². The summed E-state index contributed by atoms with van der Waals surface area (Å²) in [4.78, 5) is 32.8. The molecule has 0 bridgehead atoms. The third-order valence-corrected chi connectivity index (χ3v) is 4.54. The van der Waals surface area contributed by atoms with Gasteiger partial charge in [0.25, 0.3) is 5.91 Å². The fourth-order valence-corrected chi connectivity index (χ4v) is 3.08. The molecule has 1 unspecified atom stereocenters. The molecule has 0 radical (unpaired) electrons. The Morgan fingerprint density at radius 2 is 1.85 bits per heavy atom. The van der Waals surface area contributed by atoms with Crippen molar-refractivity contribution in [3.05, 3.63) is 28.8 Å². The number of hydrogen-bond donors (Lipinski definition) is 1. The van der Waals surface area contributed by atoms with Gasteiger partial charge in [0, 0.05) is 18.4 Å². The normalized spacial score (nSPS) is 11.9. The van der Waals surface area contributed by atoms with Crippen molar-refractivity contribution in [2.24, 2.45) is 7.05 Å². The van der Waals surface area contributed by atoms with Gasteiger partial charge in [-0.25, -0.2) is 9.97 Å². The van der Waals surface area contributed by atoms with Gasteiger partial charge in [0.05, 0.1) is 22.8 Å². The molecule has 1 N–H and O–H groups in total. The second-order valence-electron chi connectivity index (χ2n) is 6.01. The topological polar surface area (TPSA) is 99.0 Å². The molecule has 140 valence electrons. The Labute approximate surface area is 156 Å². The summed E-state index contributed by atoms with van der Waals surface area (Å²) < 4.78 is 6.88. The molecule has 26 heavy (non-hydrogen) atoms. The first-order chi connectivity index (χ1) is 12.2. The lowest BCUT2D eigenvalue weighted by atomic mass is 10.3. The minimum absolute atomic E-state index is 0.0332. The first-order valence-corrected chi connectivity index (χ1v) is 9.11. The van der Waals surface area contributed by atoms with E-state index < -0.39 is 18.0 Å². The van der Waals surface area contributed by atoms with Gasteiger partial charge >= 0.3 is 5.97 Å². The fraction of sp³-hybridized carbons (Fsp3) is 0.471. The van der Waals surface area contributed by atoms with Crippen LogP contribution in [0.2, 0.25) is 0 Å². The van der Waals surface area contributed by atoms with Crippen molar-refractivity contribution >= 4 is 29.3 Å². The zero-order valence-corrected chi connectivity index (χ0v) is 16.6. The average molecular weight is 377 g/mol. The number of aromatic nitrogens is 4. The Kier molecular flexibility index (Phi) is 6.36. The number of amides is 1. The highest BCUT2D eigenvalue weighted by Crippen LogP contribution is 2.19. The summed E-state index contributed by atoms with van der Waals surface area (Å²) in [5.74, 6) is -0.865.